The number of amides is 1. The minimum Gasteiger partial charge on any atom is -0.495 e. The van der Waals surface area contributed by atoms with E-state index in [1.165, 1.54) is 31.4 Å². The highest BCUT2D eigenvalue weighted by molar-refractivity contribution is 7.94. The second kappa shape index (κ2) is 8.81. The summed E-state index contributed by atoms with van der Waals surface area (Å²) >= 11 is 6.99. The lowest BCUT2D eigenvalue weighted by molar-refractivity contribution is -0.114. The van der Waals surface area contributed by atoms with Crippen molar-refractivity contribution in [2.75, 3.05) is 23.3 Å². The van der Waals surface area contributed by atoms with Crippen LogP contribution in [0.15, 0.2) is 64.2 Å². The van der Waals surface area contributed by atoms with Crippen LogP contribution in [0, 0.1) is 5.82 Å². The molecule has 3 rings (SSSR count). The quantitative estimate of drug-likeness (QED) is 0.574. The minimum absolute atomic E-state index is 0.0648. The largest absolute Gasteiger partial charge is 0.495 e. The Kier molecular flexibility index (Phi) is 6.41. The molecule has 0 spiro atoms. The van der Waals surface area contributed by atoms with Crippen molar-refractivity contribution in [1.82, 2.24) is 0 Å². The molecule has 0 saturated heterocycles. The highest BCUT2D eigenvalue weighted by atomic mass is 35.5. The zero-order valence-electron chi connectivity index (χ0n) is 15.1. The summed E-state index contributed by atoms with van der Waals surface area (Å²) < 4.78 is 45.6. The number of methoxy groups -OCH3 is 1. The lowest BCUT2D eigenvalue weighted by atomic mass is 10.3. The molecular formula is C19H16ClFN2O4S2. The van der Waals surface area contributed by atoms with Gasteiger partial charge in [0.15, 0.2) is 0 Å². The van der Waals surface area contributed by atoms with Crippen LogP contribution in [0.3, 0.4) is 0 Å². The van der Waals surface area contributed by atoms with Crippen LogP contribution in [-0.2, 0) is 14.8 Å². The van der Waals surface area contributed by atoms with Crippen LogP contribution in [0.1, 0.15) is 0 Å². The van der Waals surface area contributed by atoms with Gasteiger partial charge < -0.3 is 10.1 Å². The number of anilines is 2. The molecule has 0 fully saturated rings. The Morgan fingerprint density at radius 2 is 1.93 bits per heavy atom. The van der Waals surface area contributed by atoms with E-state index >= 15 is 0 Å². The number of nitrogens with one attached hydrogen (secondary N) is 1. The number of hydrogen-bond donors (Lipinski definition) is 1. The smallest absolute Gasteiger partial charge is 0.274 e. The first-order chi connectivity index (χ1) is 13.8. The number of nitrogens with zero attached hydrogens (tertiary/aromatic N) is 1. The summed E-state index contributed by atoms with van der Waals surface area (Å²) in [5.41, 5.74) is 0.464. The van der Waals surface area contributed by atoms with Crippen LogP contribution in [-0.4, -0.2) is 28.0 Å². The molecule has 0 aliphatic carbocycles. The van der Waals surface area contributed by atoms with Gasteiger partial charge in [-0.2, -0.15) is 0 Å². The zero-order chi connectivity index (χ0) is 21.0. The molecule has 152 valence electrons. The molecule has 2 aromatic carbocycles. The maximum atomic E-state index is 13.3. The van der Waals surface area contributed by atoms with Gasteiger partial charge in [-0.15, -0.1) is 11.3 Å². The van der Waals surface area contributed by atoms with E-state index in [-0.39, 0.29) is 9.90 Å². The number of hydrogen-bond acceptors (Lipinski definition) is 5. The van der Waals surface area contributed by atoms with Crippen LogP contribution < -0.4 is 14.4 Å². The van der Waals surface area contributed by atoms with E-state index in [2.05, 4.69) is 5.32 Å². The van der Waals surface area contributed by atoms with Crippen LogP contribution in [0.2, 0.25) is 5.02 Å². The number of sulfonamides is 1. The van der Waals surface area contributed by atoms with Crippen LogP contribution in [0.5, 0.6) is 5.75 Å². The number of thiophene rings is 1. The van der Waals surface area contributed by atoms with Gasteiger partial charge in [0.2, 0.25) is 5.91 Å². The van der Waals surface area contributed by atoms with E-state index in [4.69, 9.17) is 16.3 Å². The predicted octanol–water partition coefficient (Wildman–Crippen LogP) is 4.38. The molecule has 10 heteroatoms. The van der Waals surface area contributed by atoms with Gasteiger partial charge in [0.05, 0.1) is 18.5 Å². The van der Waals surface area contributed by atoms with Crippen molar-refractivity contribution in [3.8, 4) is 5.75 Å². The highest BCUT2D eigenvalue weighted by Crippen LogP contribution is 2.29. The van der Waals surface area contributed by atoms with E-state index in [1.54, 1.807) is 23.6 Å². The molecular weight excluding hydrogens is 439 g/mol. The van der Waals surface area contributed by atoms with Gasteiger partial charge in [-0.1, -0.05) is 17.7 Å². The van der Waals surface area contributed by atoms with Crippen molar-refractivity contribution < 1.29 is 22.3 Å². The summed E-state index contributed by atoms with van der Waals surface area (Å²) in [5, 5.41) is 4.60. The van der Waals surface area contributed by atoms with Crippen molar-refractivity contribution >= 4 is 50.2 Å². The zero-order valence-corrected chi connectivity index (χ0v) is 17.5. The number of carbonyl (C=O) groups is 1. The van der Waals surface area contributed by atoms with Crippen molar-refractivity contribution in [3.05, 3.63) is 70.8 Å². The first kappa shape index (κ1) is 21.1. The van der Waals surface area contributed by atoms with E-state index < -0.39 is 28.3 Å². The summed E-state index contributed by atoms with van der Waals surface area (Å²) in [6.07, 6.45) is 0. The van der Waals surface area contributed by atoms with Crippen LogP contribution >= 0.6 is 22.9 Å². The molecule has 0 bridgehead atoms. The molecule has 1 amide bonds. The molecule has 0 aliphatic heterocycles. The Hall–Kier alpha value is -2.62. The Bertz CT molecular complexity index is 1100. The molecule has 29 heavy (non-hydrogen) atoms. The highest BCUT2D eigenvalue weighted by Gasteiger charge is 2.28. The number of benzene rings is 2. The fourth-order valence-corrected chi connectivity index (χ4v) is 5.24. The Morgan fingerprint density at radius 1 is 1.21 bits per heavy atom. The normalized spacial score (nSPS) is 11.1. The number of ether oxygens (including phenoxy) is 1. The molecule has 0 unspecified atom stereocenters. The average Bonchev–Trinajstić information content (AvgIpc) is 3.23. The molecule has 1 aromatic heterocycles. The topological polar surface area (TPSA) is 75.7 Å². The second-order valence-electron chi connectivity index (χ2n) is 5.81. The fraction of sp³-hybridized carbons (Fsp3) is 0.105. The van der Waals surface area contributed by atoms with Crippen LogP contribution in [0.4, 0.5) is 15.8 Å². The molecule has 3 aromatic rings. The standard InChI is InChI=1S/C19H16ClFN2O4S2/c1-27-17-9-4-13(20)11-16(17)22-18(24)12-23(15-7-5-14(21)6-8-15)29(25,26)19-3-2-10-28-19/h2-11H,12H2,1H3,(H,22,24). The minimum atomic E-state index is -4.02. The molecule has 1 N–H and O–H groups in total. The SMILES string of the molecule is COc1ccc(Cl)cc1NC(=O)CN(c1ccc(F)cc1)S(=O)(=O)c1cccs1. The first-order valence-corrected chi connectivity index (χ1v) is 11.0. The number of rotatable bonds is 7. The molecule has 0 radical (unpaired) electrons. The van der Waals surface area contributed by atoms with Gasteiger partial charge in [-0.25, -0.2) is 12.8 Å². The van der Waals surface area contributed by atoms with E-state index in [9.17, 15) is 17.6 Å². The van der Waals surface area contributed by atoms with Gasteiger partial charge in [0.25, 0.3) is 10.0 Å². The molecule has 0 atom stereocenters. The van der Waals surface area contributed by atoms with Crippen molar-refractivity contribution in [2.24, 2.45) is 0 Å². The summed E-state index contributed by atoms with van der Waals surface area (Å²) in [6.45, 7) is -0.526. The molecule has 1 heterocycles. The van der Waals surface area contributed by atoms with E-state index in [1.807, 2.05) is 0 Å². The van der Waals surface area contributed by atoms with Crippen molar-refractivity contribution in [3.63, 3.8) is 0 Å². The third-order valence-corrected chi connectivity index (χ3v) is 7.26. The number of carbonyl (C=O) groups excluding carboxylic acids is 1. The third-order valence-electron chi connectivity index (χ3n) is 3.88. The Labute approximate surface area is 176 Å². The second-order valence-corrected chi connectivity index (χ2v) is 9.29. The van der Waals surface area contributed by atoms with Gasteiger partial charge in [0, 0.05) is 5.02 Å². The van der Waals surface area contributed by atoms with E-state index in [0.717, 1.165) is 27.8 Å². The Morgan fingerprint density at radius 3 is 2.55 bits per heavy atom. The maximum absolute atomic E-state index is 13.3. The summed E-state index contributed by atoms with van der Waals surface area (Å²) in [5.74, 6) is -0.762. The monoisotopic (exact) mass is 454 g/mol. The fourth-order valence-electron chi connectivity index (χ4n) is 2.54. The molecule has 0 saturated carbocycles. The average molecular weight is 455 g/mol. The predicted molar refractivity (Wildman–Crippen MR) is 112 cm³/mol. The summed E-state index contributed by atoms with van der Waals surface area (Å²) in [6, 6.07) is 12.6. The molecule has 6 nitrogen and oxygen atoms in total. The lowest BCUT2D eigenvalue weighted by Crippen LogP contribution is -2.37. The van der Waals surface area contributed by atoms with Gasteiger partial charge in [-0.05, 0) is 53.9 Å². The Balaban J connectivity index is 1.92. The van der Waals surface area contributed by atoms with Crippen LogP contribution in [0.25, 0.3) is 0 Å². The van der Waals surface area contributed by atoms with Crippen molar-refractivity contribution in [2.45, 2.75) is 4.21 Å². The third kappa shape index (κ3) is 4.87. The van der Waals surface area contributed by atoms with Gasteiger partial charge in [-0.3, -0.25) is 9.10 Å². The lowest BCUT2D eigenvalue weighted by Gasteiger charge is -2.23. The molecule has 0 aliphatic rings. The van der Waals surface area contributed by atoms with Crippen molar-refractivity contribution in [1.29, 1.82) is 0 Å². The van der Waals surface area contributed by atoms with E-state index in [0.29, 0.717) is 16.5 Å². The maximum Gasteiger partial charge on any atom is 0.274 e. The summed E-state index contributed by atoms with van der Waals surface area (Å²) in [4.78, 5) is 12.7. The first-order valence-electron chi connectivity index (χ1n) is 8.26. The number of halogens is 2. The van der Waals surface area contributed by atoms with Gasteiger partial charge in [0.1, 0.15) is 22.3 Å². The van der Waals surface area contributed by atoms with Gasteiger partial charge >= 0.3 is 0 Å². The summed E-state index contributed by atoms with van der Waals surface area (Å²) in [7, 11) is -2.59.